The van der Waals surface area contributed by atoms with Crippen LogP contribution in [0.5, 0.6) is 5.75 Å². The lowest BCUT2D eigenvalue weighted by Crippen LogP contribution is -1.92. The van der Waals surface area contributed by atoms with Crippen molar-refractivity contribution in [3.63, 3.8) is 0 Å². The van der Waals surface area contributed by atoms with Crippen molar-refractivity contribution in [3.05, 3.63) is 48.3 Å². The van der Waals surface area contributed by atoms with E-state index in [-0.39, 0.29) is 16.9 Å². The van der Waals surface area contributed by atoms with Gasteiger partial charge < -0.3 is 4.74 Å². The van der Waals surface area contributed by atoms with Crippen LogP contribution in [0, 0.1) is 5.82 Å². The second-order valence-electron chi connectivity index (χ2n) is 4.02. The summed E-state index contributed by atoms with van der Waals surface area (Å²) in [6.07, 6.45) is 0. The molecule has 0 aliphatic heterocycles. The molecular weight excluding hydrogens is 250 g/mol. The maximum absolute atomic E-state index is 14.2. The van der Waals surface area contributed by atoms with Crippen LogP contribution in [0.4, 0.5) is 8.87 Å². The van der Waals surface area contributed by atoms with Crippen molar-refractivity contribution in [1.29, 1.82) is 0 Å². The van der Waals surface area contributed by atoms with E-state index in [1.807, 2.05) is 0 Å². The Balaban J connectivity index is 2.31. The van der Waals surface area contributed by atoms with Gasteiger partial charge in [-0.05, 0) is 24.3 Å². The van der Waals surface area contributed by atoms with Crippen molar-refractivity contribution in [2.75, 3.05) is 7.11 Å². The highest BCUT2D eigenvalue weighted by Crippen LogP contribution is 2.32. The average Bonchev–Trinajstić information content (AvgIpc) is 2.78. The molecule has 1 heterocycles. The van der Waals surface area contributed by atoms with Gasteiger partial charge in [0.1, 0.15) is 16.8 Å². The second-order valence-corrected chi connectivity index (χ2v) is 4.02. The minimum Gasteiger partial charge on any atom is -0.496 e. The number of hydrogen-bond donors (Lipinski definition) is 0. The predicted molar refractivity (Wildman–Crippen MR) is 68.2 cm³/mol. The second kappa shape index (κ2) is 4.35. The molecule has 0 amide bonds. The number of methoxy groups -OCH3 is 1. The molecule has 19 heavy (non-hydrogen) atoms. The first-order valence-electron chi connectivity index (χ1n) is 5.69. The summed E-state index contributed by atoms with van der Waals surface area (Å²) in [5.74, 6) is -0.0419. The molecule has 0 spiro atoms. The highest BCUT2D eigenvalue weighted by atomic mass is 19.2. The van der Waals surface area contributed by atoms with Gasteiger partial charge in [-0.25, -0.2) is 9.37 Å². The van der Waals surface area contributed by atoms with Crippen LogP contribution in [-0.4, -0.2) is 16.9 Å². The first-order chi connectivity index (χ1) is 9.22. The number of rotatable bonds is 2. The van der Waals surface area contributed by atoms with Gasteiger partial charge in [-0.1, -0.05) is 22.7 Å². The molecule has 0 saturated heterocycles. The topological polar surface area (TPSA) is 27.1 Å². The lowest BCUT2D eigenvalue weighted by atomic mass is 10.2. The molecule has 3 rings (SSSR count). The van der Waals surface area contributed by atoms with Crippen molar-refractivity contribution in [2.24, 2.45) is 0 Å². The fourth-order valence-corrected chi connectivity index (χ4v) is 2.03. The Kier molecular flexibility index (Phi) is 2.67. The molecule has 0 bridgehead atoms. The molecule has 3 aromatic rings. The number of fused-ring (bicyclic) bond motifs is 1. The number of hydrogen-bond acceptors (Lipinski definition) is 2. The molecule has 96 valence electrons. The summed E-state index contributed by atoms with van der Waals surface area (Å²) < 4.78 is 33.0. The monoisotopic (exact) mass is 260 g/mol. The molecule has 5 heteroatoms. The summed E-state index contributed by atoms with van der Waals surface area (Å²) in [5.41, 5.74) is 0.579. The Labute approximate surface area is 108 Å². The number of imidazole rings is 1. The molecule has 0 saturated carbocycles. The Bertz CT molecular complexity index is 752. The van der Waals surface area contributed by atoms with E-state index in [0.717, 1.165) is 0 Å². The quantitative estimate of drug-likeness (QED) is 0.704. The lowest BCUT2D eigenvalue weighted by molar-refractivity contribution is 0.386. The summed E-state index contributed by atoms with van der Waals surface area (Å²) in [4.78, 5) is 4.39. The summed E-state index contributed by atoms with van der Waals surface area (Å²) in [5, 5.41) is 0. The van der Waals surface area contributed by atoms with Crippen molar-refractivity contribution < 1.29 is 13.6 Å². The molecule has 1 aromatic heterocycles. The molecule has 0 N–H and O–H groups in total. The van der Waals surface area contributed by atoms with Crippen molar-refractivity contribution >= 4 is 11.0 Å². The molecular formula is C14H10F2N2O. The third-order valence-electron chi connectivity index (χ3n) is 2.93. The van der Waals surface area contributed by atoms with Crippen molar-refractivity contribution in [2.45, 2.75) is 0 Å². The van der Waals surface area contributed by atoms with E-state index in [2.05, 4.69) is 4.98 Å². The molecule has 0 unspecified atom stereocenters. The lowest BCUT2D eigenvalue weighted by Gasteiger charge is -2.05. The van der Waals surface area contributed by atoms with E-state index in [1.165, 1.54) is 25.3 Å². The van der Waals surface area contributed by atoms with E-state index in [0.29, 0.717) is 16.1 Å². The number of nitrogens with zero attached hydrogens (tertiary/aromatic N) is 2. The van der Waals surface area contributed by atoms with E-state index >= 15 is 0 Å². The largest absolute Gasteiger partial charge is 0.496 e. The molecule has 0 radical (unpaired) electrons. The van der Waals surface area contributed by atoms with Gasteiger partial charge in [0.2, 0.25) is 0 Å². The Hall–Kier alpha value is -2.43. The first-order valence-corrected chi connectivity index (χ1v) is 5.69. The Morgan fingerprint density at radius 2 is 1.89 bits per heavy atom. The van der Waals surface area contributed by atoms with Crippen LogP contribution >= 0.6 is 0 Å². The van der Waals surface area contributed by atoms with Crippen LogP contribution in [0.25, 0.3) is 22.4 Å². The summed E-state index contributed by atoms with van der Waals surface area (Å²) in [6, 6.07) is 11.1. The minimum absolute atomic E-state index is 0.00547. The van der Waals surface area contributed by atoms with E-state index in [9.17, 15) is 8.87 Å². The molecule has 0 fully saturated rings. The minimum atomic E-state index is -0.551. The maximum Gasteiger partial charge on any atom is 0.175 e. The molecule has 0 aliphatic rings. The number of ether oxygens (including phenoxy) is 1. The SMILES string of the molecule is COc1ccccc1-c1nc2c(F)cccc2n1F. The van der Waals surface area contributed by atoms with Gasteiger partial charge in [0.15, 0.2) is 11.6 Å². The Morgan fingerprint density at radius 1 is 1.11 bits per heavy atom. The predicted octanol–water partition coefficient (Wildman–Crippen LogP) is 3.58. The first kappa shape index (κ1) is 11.6. The molecule has 2 aromatic carbocycles. The summed E-state index contributed by atoms with van der Waals surface area (Å²) in [6.45, 7) is 0. The zero-order valence-corrected chi connectivity index (χ0v) is 10.1. The third kappa shape index (κ3) is 1.74. The van der Waals surface area contributed by atoms with Crippen LogP contribution in [0.3, 0.4) is 0 Å². The van der Waals surface area contributed by atoms with Crippen LogP contribution in [-0.2, 0) is 0 Å². The molecule has 0 aliphatic carbocycles. The summed E-state index contributed by atoms with van der Waals surface area (Å²) >= 11 is 0. The molecule has 0 atom stereocenters. The van der Waals surface area contributed by atoms with Crippen LogP contribution in [0.15, 0.2) is 42.5 Å². The van der Waals surface area contributed by atoms with Gasteiger partial charge in [0.25, 0.3) is 0 Å². The fourth-order valence-electron chi connectivity index (χ4n) is 2.03. The normalized spacial score (nSPS) is 10.9. The smallest absolute Gasteiger partial charge is 0.175 e. The fraction of sp³-hybridized carbons (Fsp3) is 0.0714. The highest BCUT2D eigenvalue weighted by Gasteiger charge is 2.17. The van der Waals surface area contributed by atoms with Crippen LogP contribution < -0.4 is 4.74 Å². The maximum atomic E-state index is 14.2. The number of para-hydroxylation sites is 2. The van der Waals surface area contributed by atoms with Gasteiger partial charge in [-0.3, -0.25) is 0 Å². The average molecular weight is 260 g/mol. The van der Waals surface area contributed by atoms with Gasteiger partial charge in [-0.2, -0.15) is 4.79 Å². The van der Waals surface area contributed by atoms with Gasteiger partial charge >= 0.3 is 0 Å². The van der Waals surface area contributed by atoms with Crippen LogP contribution in [0.2, 0.25) is 0 Å². The number of benzene rings is 2. The standard InChI is InChI=1S/C14H10F2N2O/c1-19-12-8-3-2-5-9(12)14-17-13-10(15)6-4-7-11(13)18(14)16/h2-8H,1H3. The zero-order valence-electron chi connectivity index (χ0n) is 10.1. The highest BCUT2D eigenvalue weighted by molar-refractivity contribution is 5.81. The van der Waals surface area contributed by atoms with Gasteiger partial charge in [-0.15, -0.1) is 0 Å². The van der Waals surface area contributed by atoms with Crippen molar-refractivity contribution in [1.82, 2.24) is 9.77 Å². The van der Waals surface area contributed by atoms with Crippen molar-refractivity contribution in [3.8, 4) is 17.1 Å². The van der Waals surface area contributed by atoms with Gasteiger partial charge in [0.05, 0.1) is 12.7 Å². The summed E-state index contributed by atoms with van der Waals surface area (Å²) in [7, 11) is 1.49. The number of halogens is 2. The van der Waals surface area contributed by atoms with Crippen LogP contribution in [0.1, 0.15) is 0 Å². The van der Waals surface area contributed by atoms with E-state index in [1.54, 1.807) is 24.3 Å². The zero-order chi connectivity index (χ0) is 13.4. The van der Waals surface area contributed by atoms with E-state index < -0.39 is 5.82 Å². The third-order valence-corrected chi connectivity index (χ3v) is 2.93. The molecule has 3 nitrogen and oxygen atoms in total. The van der Waals surface area contributed by atoms with E-state index in [4.69, 9.17) is 4.74 Å². The number of aromatic nitrogens is 2. The Morgan fingerprint density at radius 3 is 2.63 bits per heavy atom. The van der Waals surface area contributed by atoms with Gasteiger partial charge in [0, 0.05) is 0 Å².